The van der Waals surface area contributed by atoms with Gasteiger partial charge in [0.25, 0.3) is 0 Å². The maximum absolute atomic E-state index is 13.0. The Morgan fingerprint density at radius 2 is 1.84 bits per heavy atom. The molecule has 130 valence electrons. The van der Waals surface area contributed by atoms with Gasteiger partial charge in [-0.1, -0.05) is 6.07 Å². The summed E-state index contributed by atoms with van der Waals surface area (Å²) in [5.41, 5.74) is 1.37. The number of hydrogen-bond acceptors (Lipinski definition) is 5. The van der Waals surface area contributed by atoms with Crippen molar-refractivity contribution < 1.29 is 14.2 Å². The number of fused-ring (bicyclic) bond motifs is 1. The first-order chi connectivity index (χ1) is 12.2. The molecule has 1 aromatic carbocycles. The van der Waals surface area contributed by atoms with E-state index in [9.17, 15) is 9.50 Å². The number of nitrogens with zero attached hydrogens (tertiary/aromatic N) is 3. The molecule has 1 fully saturated rings. The van der Waals surface area contributed by atoms with E-state index in [1.807, 2.05) is 18.2 Å². The summed E-state index contributed by atoms with van der Waals surface area (Å²) in [6, 6.07) is 11.6. The van der Waals surface area contributed by atoms with Crippen LogP contribution in [0.3, 0.4) is 0 Å². The number of aliphatic hydroxyl groups is 1. The highest BCUT2D eigenvalue weighted by molar-refractivity contribution is 5.56. The van der Waals surface area contributed by atoms with E-state index in [-0.39, 0.29) is 18.0 Å². The van der Waals surface area contributed by atoms with Gasteiger partial charge in [-0.25, -0.2) is 4.39 Å². The van der Waals surface area contributed by atoms with Gasteiger partial charge in [0.1, 0.15) is 11.9 Å². The van der Waals surface area contributed by atoms with E-state index < -0.39 is 0 Å². The molecular formula is C18H19FN4O2. The molecule has 2 heterocycles. The van der Waals surface area contributed by atoms with Gasteiger partial charge in [-0.15, -0.1) is 5.10 Å². The summed E-state index contributed by atoms with van der Waals surface area (Å²) in [6.07, 6.45) is 3.03. The van der Waals surface area contributed by atoms with Crippen molar-refractivity contribution in [2.45, 2.75) is 37.9 Å². The Labute approximate surface area is 144 Å². The molecule has 2 aromatic heterocycles. The van der Waals surface area contributed by atoms with Gasteiger partial charge in [0.15, 0.2) is 5.65 Å². The molecule has 0 amide bonds. The molecule has 6 nitrogen and oxygen atoms in total. The topological polar surface area (TPSA) is 71.7 Å². The highest BCUT2D eigenvalue weighted by Crippen LogP contribution is 2.25. The molecule has 3 aromatic rings. The number of aliphatic hydroxyl groups excluding tert-OH is 1. The number of anilines is 2. The van der Waals surface area contributed by atoms with Gasteiger partial charge in [-0.2, -0.15) is 9.50 Å². The minimum Gasteiger partial charge on any atom is -0.474 e. The van der Waals surface area contributed by atoms with E-state index in [2.05, 4.69) is 15.4 Å². The second kappa shape index (κ2) is 6.68. The molecule has 7 heteroatoms. The van der Waals surface area contributed by atoms with Gasteiger partial charge < -0.3 is 15.2 Å². The minimum absolute atomic E-state index is 0.0757. The van der Waals surface area contributed by atoms with Gasteiger partial charge in [0, 0.05) is 11.8 Å². The summed E-state index contributed by atoms with van der Waals surface area (Å²) in [6.45, 7) is 0. The summed E-state index contributed by atoms with van der Waals surface area (Å²) in [5, 5.41) is 17.1. The highest BCUT2D eigenvalue weighted by atomic mass is 19.1. The Balaban J connectivity index is 1.54. The molecule has 0 spiro atoms. The number of halogens is 1. The molecule has 0 saturated heterocycles. The summed E-state index contributed by atoms with van der Waals surface area (Å²) in [7, 11) is 0. The number of hydrogen-bond donors (Lipinski definition) is 2. The molecule has 1 aliphatic rings. The predicted octanol–water partition coefficient (Wildman–Crippen LogP) is 3.29. The van der Waals surface area contributed by atoms with Crippen LogP contribution in [0.2, 0.25) is 0 Å². The van der Waals surface area contributed by atoms with E-state index in [1.54, 1.807) is 16.6 Å². The zero-order valence-corrected chi connectivity index (χ0v) is 13.6. The maximum atomic E-state index is 13.0. The van der Waals surface area contributed by atoms with Crippen LogP contribution < -0.4 is 10.1 Å². The van der Waals surface area contributed by atoms with Crippen molar-refractivity contribution in [1.29, 1.82) is 0 Å². The fourth-order valence-electron chi connectivity index (χ4n) is 3.02. The number of benzene rings is 1. The van der Waals surface area contributed by atoms with Crippen LogP contribution in [0.5, 0.6) is 5.88 Å². The summed E-state index contributed by atoms with van der Waals surface area (Å²) >= 11 is 0. The van der Waals surface area contributed by atoms with Crippen LogP contribution in [0.1, 0.15) is 25.7 Å². The lowest BCUT2D eigenvalue weighted by Gasteiger charge is -2.26. The van der Waals surface area contributed by atoms with Crippen LogP contribution in [0, 0.1) is 5.82 Å². The van der Waals surface area contributed by atoms with Crippen LogP contribution in [-0.2, 0) is 0 Å². The first-order valence-corrected chi connectivity index (χ1v) is 8.40. The molecule has 0 radical (unpaired) electrons. The van der Waals surface area contributed by atoms with E-state index in [1.165, 1.54) is 12.1 Å². The average molecular weight is 342 g/mol. The lowest BCUT2D eigenvalue weighted by atomic mass is 9.95. The van der Waals surface area contributed by atoms with Crippen LogP contribution in [0.25, 0.3) is 5.65 Å². The fourth-order valence-corrected chi connectivity index (χ4v) is 3.02. The summed E-state index contributed by atoms with van der Waals surface area (Å²) < 4.78 is 20.7. The van der Waals surface area contributed by atoms with Crippen LogP contribution in [-0.4, -0.2) is 31.9 Å². The van der Waals surface area contributed by atoms with Crippen LogP contribution >= 0.6 is 0 Å². The Kier molecular flexibility index (Phi) is 4.23. The van der Waals surface area contributed by atoms with Crippen molar-refractivity contribution in [3.63, 3.8) is 0 Å². The zero-order valence-electron chi connectivity index (χ0n) is 13.6. The standard InChI is InChI=1S/C18H19FN4O2/c19-12-4-6-13(7-5-12)20-18-21-16-2-1-3-17(23(16)22-18)25-15-10-8-14(24)9-11-15/h1-7,14-15,24H,8-11H2,(H,20,22)/t14-,15+. The molecule has 25 heavy (non-hydrogen) atoms. The van der Waals surface area contributed by atoms with E-state index in [0.29, 0.717) is 23.2 Å². The van der Waals surface area contributed by atoms with E-state index >= 15 is 0 Å². The largest absolute Gasteiger partial charge is 0.474 e. The van der Waals surface area contributed by atoms with E-state index in [0.717, 1.165) is 25.7 Å². The second-order valence-electron chi connectivity index (χ2n) is 6.25. The fraction of sp³-hybridized carbons (Fsp3) is 0.333. The molecular weight excluding hydrogens is 323 g/mol. The van der Waals surface area contributed by atoms with Gasteiger partial charge in [0.2, 0.25) is 11.8 Å². The van der Waals surface area contributed by atoms with Gasteiger partial charge in [-0.05, 0) is 56.0 Å². The Morgan fingerprint density at radius 3 is 2.60 bits per heavy atom. The smallest absolute Gasteiger partial charge is 0.247 e. The first-order valence-electron chi connectivity index (χ1n) is 8.40. The number of rotatable bonds is 4. The van der Waals surface area contributed by atoms with Crippen molar-refractivity contribution in [2.75, 3.05) is 5.32 Å². The molecule has 4 rings (SSSR count). The lowest BCUT2D eigenvalue weighted by Crippen LogP contribution is -2.27. The summed E-state index contributed by atoms with van der Waals surface area (Å²) in [5.74, 6) is 0.752. The maximum Gasteiger partial charge on any atom is 0.247 e. The summed E-state index contributed by atoms with van der Waals surface area (Å²) in [4.78, 5) is 4.42. The molecule has 0 atom stereocenters. The van der Waals surface area contributed by atoms with Crippen molar-refractivity contribution in [3.05, 3.63) is 48.3 Å². The minimum atomic E-state index is -0.290. The number of pyridine rings is 1. The quantitative estimate of drug-likeness (QED) is 0.761. The Bertz CT molecular complexity index is 857. The lowest BCUT2D eigenvalue weighted by molar-refractivity contribution is 0.0632. The molecule has 0 aliphatic heterocycles. The second-order valence-corrected chi connectivity index (χ2v) is 6.25. The van der Waals surface area contributed by atoms with Crippen molar-refractivity contribution >= 4 is 17.3 Å². The molecule has 2 N–H and O–H groups in total. The number of ether oxygens (including phenoxy) is 1. The molecule has 1 aliphatic carbocycles. The normalized spacial score (nSPS) is 20.6. The Hall–Kier alpha value is -2.67. The predicted molar refractivity (Wildman–Crippen MR) is 91.6 cm³/mol. The van der Waals surface area contributed by atoms with Gasteiger partial charge in [-0.3, -0.25) is 0 Å². The van der Waals surface area contributed by atoms with Crippen molar-refractivity contribution in [2.24, 2.45) is 0 Å². The van der Waals surface area contributed by atoms with E-state index in [4.69, 9.17) is 4.74 Å². The third-order valence-electron chi connectivity index (χ3n) is 4.36. The van der Waals surface area contributed by atoms with Gasteiger partial charge in [0.05, 0.1) is 6.10 Å². The Morgan fingerprint density at radius 1 is 1.08 bits per heavy atom. The zero-order chi connectivity index (χ0) is 17.2. The molecule has 0 bridgehead atoms. The monoisotopic (exact) mass is 342 g/mol. The SMILES string of the molecule is O[C@H]1CC[C@@H](Oc2cccc3nc(Nc4ccc(F)cc4)nn23)CC1. The van der Waals surface area contributed by atoms with Crippen LogP contribution in [0.4, 0.5) is 16.0 Å². The highest BCUT2D eigenvalue weighted by Gasteiger charge is 2.21. The third-order valence-corrected chi connectivity index (χ3v) is 4.36. The first kappa shape index (κ1) is 15.8. The van der Waals surface area contributed by atoms with Crippen molar-refractivity contribution in [1.82, 2.24) is 14.6 Å². The number of aromatic nitrogens is 3. The molecule has 0 unspecified atom stereocenters. The van der Waals surface area contributed by atoms with Crippen molar-refractivity contribution in [3.8, 4) is 5.88 Å². The average Bonchev–Trinajstić information content (AvgIpc) is 3.02. The van der Waals surface area contributed by atoms with Gasteiger partial charge >= 0.3 is 0 Å². The third kappa shape index (κ3) is 3.56. The van der Waals surface area contributed by atoms with Crippen LogP contribution in [0.15, 0.2) is 42.5 Å². The number of nitrogens with one attached hydrogen (secondary N) is 1. The molecule has 1 saturated carbocycles.